The van der Waals surface area contributed by atoms with Crippen LogP contribution in [0.25, 0.3) is 0 Å². The lowest BCUT2D eigenvalue weighted by Crippen LogP contribution is -2.39. The highest BCUT2D eigenvalue weighted by atomic mass is 127. The number of aliphatic imine (C=N–C) groups is 1. The maximum absolute atomic E-state index is 5.94. The third-order valence-corrected chi connectivity index (χ3v) is 4.44. The van der Waals surface area contributed by atoms with Crippen molar-refractivity contribution in [2.75, 3.05) is 59.0 Å². The van der Waals surface area contributed by atoms with Gasteiger partial charge in [-0.1, -0.05) is 6.92 Å². The molecule has 1 unspecified atom stereocenters. The number of halogens is 1. The molecule has 0 bridgehead atoms. The summed E-state index contributed by atoms with van der Waals surface area (Å²) in [6.45, 7) is 11.2. The van der Waals surface area contributed by atoms with E-state index in [-0.39, 0.29) is 24.0 Å². The van der Waals surface area contributed by atoms with Gasteiger partial charge in [-0.05, 0) is 38.9 Å². The Kier molecular flexibility index (Phi) is 10.3. The Hall–Kier alpha value is -0.120. The molecule has 2 rings (SSSR count). The number of nitrogens with zero attached hydrogens (tertiary/aromatic N) is 3. The smallest absolute Gasteiger partial charge is 0.188 e. The molecular weight excluding hydrogens is 393 g/mol. The van der Waals surface area contributed by atoms with Crippen molar-refractivity contribution in [2.24, 2.45) is 10.7 Å². The molecule has 0 aliphatic carbocycles. The number of likely N-dealkylation sites (tertiary alicyclic amines) is 1. The highest BCUT2D eigenvalue weighted by Crippen LogP contribution is 2.16. The van der Waals surface area contributed by atoms with Crippen LogP contribution in [0.5, 0.6) is 0 Å². The number of hydrogen-bond acceptors (Lipinski definition) is 4. The van der Waals surface area contributed by atoms with Crippen LogP contribution in [-0.2, 0) is 4.74 Å². The van der Waals surface area contributed by atoms with Gasteiger partial charge in [0.15, 0.2) is 5.96 Å². The van der Waals surface area contributed by atoms with Gasteiger partial charge in [-0.25, -0.2) is 0 Å². The first kappa shape index (κ1) is 19.9. The van der Waals surface area contributed by atoms with Gasteiger partial charge in [-0.3, -0.25) is 14.8 Å². The van der Waals surface area contributed by atoms with Crippen molar-refractivity contribution >= 4 is 29.9 Å². The van der Waals surface area contributed by atoms with E-state index in [1.165, 1.54) is 19.4 Å². The molecule has 130 valence electrons. The second-order valence-corrected chi connectivity index (χ2v) is 5.88. The third-order valence-electron chi connectivity index (χ3n) is 4.44. The lowest BCUT2D eigenvalue weighted by Gasteiger charge is -2.26. The molecule has 2 saturated heterocycles. The molecule has 2 fully saturated rings. The van der Waals surface area contributed by atoms with Gasteiger partial charge >= 0.3 is 0 Å². The van der Waals surface area contributed by atoms with Gasteiger partial charge in [-0.15, -0.1) is 24.0 Å². The Labute approximate surface area is 151 Å². The van der Waals surface area contributed by atoms with Crippen LogP contribution in [0.4, 0.5) is 0 Å². The molecule has 0 spiro atoms. The lowest BCUT2D eigenvalue weighted by molar-refractivity contribution is 0.0376. The van der Waals surface area contributed by atoms with Crippen LogP contribution in [0.15, 0.2) is 4.99 Å². The number of ether oxygens (including phenoxy) is 1. The molecule has 2 aliphatic heterocycles. The van der Waals surface area contributed by atoms with Crippen molar-refractivity contribution in [1.29, 1.82) is 0 Å². The summed E-state index contributed by atoms with van der Waals surface area (Å²) < 4.78 is 5.34. The van der Waals surface area contributed by atoms with Crippen molar-refractivity contribution in [3.05, 3.63) is 0 Å². The van der Waals surface area contributed by atoms with E-state index in [1.807, 2.05) is 0 Å². The van der Waals surface area contributed by atoms with Gasteiger partial charge in [0.1, 0.15) is 0 Å². The summed E-state index contributed by atoms with van der Waals surface area (Å²) in [4.78, 5) is 9.43. The van der Waals surface area contributed by atoms with Gasteiger partial charge in [-0.2, -0.15) is 0 Å². The predicted molar refractivity (Wildman–Crippen MR) is 102 cm³/mol. The average molecular weight is 425 g/mol. The van der Waals surface area contributed by atoms with E-state index in [2.05, 4.69) is 27.0 Å². The minimum Gasteiger partial charge on any atom is -0.379 e. The van der Waals surface area contributed by atoms with Gasteiger partial charge in [0.2, 0.25) is 0 Å². The van der Waals surface area contributed by atoms with Crippen LogP contribution in [0.3, 0.4) is 0 Å². The normalized spacial score (nSPS) is 24.2. The van der Waals surface area contributed by atoms with Crippen molar-refractivity contribution in [2.45, 2.75) is 32.2 Å². The number of likely N-dealkylation sites (N-methyl/N-ethyl adjacent to an activating group) is 1. The molecule has 3 N–H and O–H groups in total. The summed E-state index contributed by atoms with van der Waals surface area (Å²) in [7, 11) is 0. The van der Waals surface area contributed by atoms with E-state index in [0.717, 1.165) is 58.9 Å². The van der Waals surface area contributed by atoms with Crippen LogP contribution < -0.4 is 11.1 Å². The highest BCUT2D eigenvalue weighted by molar-refractivity contribution is 14.0. The first-order valence-electron chi connectivity index (χ1n) is 8.37. The average Bonchev–Trinajstić information content (AvgIpc) is 2.98. The summed E-state index contributed by atoms with van der Waals surface area (Å²) in [6, 6.07) is 0.587. The zero-order chi connectivity index (χ0) is 14.9. The summed E-state index contributed by atoms with van der Waals surface area (Å²) >= 11 is 0. The molecule has 2 heterocycles. The van der Waals surface area contributed by atoms with Crippen LogP contribution in [0, 0.1) is 0 Å². The summed E-state index contributed by atoms with van der Waals surface area (Å²) in [5.41, 5.74) is 5.94. The van der Waals surface area contributed by atoms with Gasteiger partial charge in [0.25, 0.3) is 0 Å². The van der Waals surface area contributed by atoms with Crippen LogP contribution in [0.1, 0.15) is 26.2 Å². The maximum atomic E-state index is 5.94. The number of nitrogens with one attached hydrogen (secondary N) is 1. The Morgan fingerprint density at radius 2 is 2.09 bits per heavy atom. The predicted octanol–water partition coefficient (Wildman–Crippen LogP) is 0.715. The van der Waals surface area contributed by atoms with E-state index >= 15 is 0 Å². The molecule has 1 atom stereocenters. The molecule has 0 aromatic rings. The first-order valence-corrected chi connectivity index (χ1v) is 8.37. The fourth-order valence-corrected chi connectivity index (χ4v) is 3.12. The van der Waals surface area contributed by atoms with Crippen molar-refractivity contribution in [1.82, 2.24) is 15.1 Å². The zero-order valence-electron chi connectivity index (χ0n) is 13.8. The molecule has 2 aliphatic rings. The topological polar surface area (TPSA) is 66.1 Å². The van der Waals surface area contributed by atoms with E-state index in [1.54, 1.807) is 0 Å². The third kappa shape index (κ3) is 6.97. The van der Waals surface area contributed by atoms with E-state index < -0.39 is 0 Å². The fraction of sp³-hybridized carbons (Fsp3) is 0.933. The van der Waals surface area contributed by atoms with Crippen LogP contribution in [0.2, 0.25) is 0 Å². The standard InChI is InChI=1S/C15H31N5O.HI/c1-2-20-8-3-5-14(20)13-18-15(16)17-6-4-7-19-9-11-21-12-10-19;/h14H,2-13H2,1H3,(H3,16,17,18);1H. The molecule has 22 heavy (non-hydrogen) atoms. The summed E-state index contributed by atoms with van der Waals surface area (Å²) in [5, 5.41) is 3.23. The molecule has 0 saturated carbocycles. The minimum absolute atomic E-state index is 0. The maximum Gasteiger partial charge on any atom is 0.188 e. The lowest BCUT2D eigenvalue weighted by atomic mass is 10.2. The second kappa shape index (κ2) is 11.4. The second-order valence-electron chi connectivity index (χ2n) is 5.88. The Morgan fingerprint density at radius 3 is 2.82 bits per heavy atom. The number of hydrogen-bond donors (Lipinski definition) is 2. The molecule has 7 heteroatoms. The zero-order valence-corrected chi connectivity index (χ0v) is 16.1. The van der Waals surface area contributed by atoms with Gasteiger partial charge in [0.05, 0.1) is 19.8 Å². The van der Waals surface area contributed by atoms with Crippen molar-refractivity contribution < 1.29 is 4.74 Å². The number of guanidine groups is 1. The van der Waals surface area contributed by atoms with Crippen LogP contribution in [-0.4, -0.2) is 80.8 Å². The van der Waals surface area contributed by atoms with Crippen molar-refractivity contribution in [3.63, 3.8) is 0 Å². The monoisotopic (exact) mass is 425 g/mol. The summed E-state index contributed by atoms with van der Waals surface area (Å²) in [6.07, 6.45) is 3.64. The molecule has 0 aromatic carbocycles. The van der Waals surface area contributed by atoms with Gasteiger partial charge < -0.3 is 15.8 Å². The molecule has 6 nitrogen and oxygen atoms in total. The Balaban J connectivity index is 0.00000242. The van der Waals surface area contributed by atoms with E-state index in [4.69, 9.17) is 10.5 Å². The van der Waals surface area contributed by atoms with Crippen molar-refractivity contribution in [3.8, 4) is 0 Å². The molecular formula is C15H32IN5O. The largest absolute Gasteiger partial charge is 0.379 e. The first-order chi connectivity index (χ1) is 10.3. The van der Waals surface area contributed by atoms with E-state index in [9.17, 15) is 0 Å². The quantitative estimate of drug-likeness (QED) is 0.272. The number of rotatable bonds is 7. The van der Waals surface area contributed by atoms with Gasteiger partial charge in [0, 0.05) is 25.7 Å². The Morgan fingerprint density at radius 1 is 1.32 bits per heavy atom. The molecule has 0 amide bonds. The molecule has 0 aromatic heterocycles. The van der Waals surface area contributed by atoms with Crippen LogP contribution >= 0.6 is 24.0 Å². The SMILES string of the molecule is CCN1CCCC1CN=C(N)NCCCN1CCOCC1.I. The Bertz CT molecular complexity index is 323. The minimum atomic E-state index is 0. The summed E-state index contributed by atoms with van der Waals surface area (Å²) in [5.74, 6) is 0.597. The number of nitrogens with two attached hydrogens (primary N) is 1. The highest BCUT2D eigenvalue weighted by Gasteiger charge is 2.22. The van der Waals surface area contributed by atoms with E-state index in [0.29, 0.717) is 12.0 Å². The molecule has 0 radical (unpaired) electrons. The fourth-order valence-electron chi connectivity index (χ4n) is 3.12. The number of morpholine rings is 1.